The fourth-order valence-electron chi connectivity index (χ4n) is 2.79. The zero-order valence-corrected chi connectivity index (χ0v) is 20.1. The van der Waals surface area contributed by atoms with Crippen LogP contribution in [0.5, 0.6) is 5.75 Å². The minimum absolute atomic E-state index is 0.0943. The highest BCUT2D eigenvalue weighted by atomic mass is 32.1. The number of benzene rings is 1. The lowest BCUT2D eigenvalue weighted by molar-refractivity contribution is -0.144. The summed E-state index contributed by atoms with van der Waals surface area (Å²) in [4.78, 5) is 51.3. The van der Waals surface area contributed by atoms with Crippen LogP contribution >= 0.6 is 12.6 Å². The van der Waals surface area contributed by atoms with E-state index in [1.54, 1.807) is 32.9 Å². The van der Waals surface area contributed by atoms with E-state index in [1.165, 1.54) is 25.3 Å². The van der Waals surface area contributed by atoms with Gasteiger partial charge in [-0.3, -0.25) is 14.4 Å². The number of ether oxygens (including phenoxy) is 2. The van der Waals surface area contributed by atoms with E-state index in [-0.39, 0.29) is 23.6 Å². The topological polar surface area (TPSA) is 134 Å². The molecule has 3 N–H and O–H groups in total. The van der Waals surface area contributed by atoms with Gasteiger partial charge in [-0.2, -0.15) is 12.6 Å². The maximum Gasteiger partial charge on any atom is 0.408 e. The Labute approximate surface area is 198 Å². The summed E-state index contributed by atoms with van der Waals surface area (Å²) in [6.45, 7) is 8.10. The highest BCUT2D eigenvalue weighted by Gasteiger charge is 2.36. The van der Waals surface area contributed by atoms with Gasteiger partial charge in [0.1, 0.15) is 30.0 Å². The highest BCUT2D eigenvalue weighted by Crippen LogP contribution is 2.29. The summed E-state index contributed by atoms with van der Waals surface area (Å²) in [6, 6.07) is 3.48. The lowest BCUT2D eigenvalue weighted by Crippen LogP contribution is -2.54. The Bertz CT molecular complexity index is 870. The van der Waals surface area contributed by atoms with E-state index in [2.05, 4.69) is 34.6 Å². The molecule has 1 aromatic carbocycles. The monoisotopic (exact) mass is 481 g/mol. The quantitative estimate of drug-likeness (QED) is 0.226. The van der Waals surface area contributed by atoms with Crippen molar-refractivity contribution in [3.05, 3.63) is 42.5 Å². The van der Waals surface area contributed by atoms with Crippen LogP contribution in [-0.4, -0.2) is 71.5 Å². The number of nitrogens with zero attached hydrogens (tertiary/aromatic N) is 1. The molecule has 1 rings (SSSR count). The van der Waals surface area contributed by atoms with Gasteiger partial charge in [0, 0.05) is 17.9 Å². The van der Waals surface area contributed by atoms with E-state index in [1.807, 2.05) is 0 Å². The lowest BCUT2D eigenvalue weighted by Gasteiger charge is -2.33. The van der Waals surface area contributed by atoms with Crippen LogP contribution in [-0.2, 0) is 23.9 Å². The number of hydrogen-bond acceptors (Lipinski definition) is 8. The van der Waals surface area contributed by atoms with E-state index in [0.717, 1.165) is 4.90 Å². The van der Waals surface area contributed by atoms with Crippen molar-refractivity contribution in [2.75, 3.05) is 26.0 Å². The molecule has 0 fully saturated rings. The number of carbonyl (C=O) groups is 4. The molecular weight excluding hydrogens is 450 g/mol. The summed E-state index contributed by atoms with van der Waals surface area (Å²) in [5.41, 5.74) is -0.674. The Kier molecular flexibility index (Phi) is 10.7. The van der Waals surface area contributed by atoms with Crippen LogP contribution in [0.1, 0.15) is 32.4 Å². The van der Waals surface area contributed by atoms with E-state index >= 15 is 0 Å². The van der Waals surface area contributed by atoms with Gasteiger partial charge in [-0.25, -0.2) is 4.79 Å². The first-order valence-electron chi connectivity index (χ1n) is 10.1. The lowest BCUT2D eigenvalue weighted by atomic mass is 10.0. The second kappa shape index (κ2) is 12.7. The van der Waals surface area contributed by atoms with Crippen molar-refractivity contribution in [1.29, 1.82) is 0 Å². The first kappa shape index (κ1) is 27.8. The third kappa shape index (κ3) is 8.68. The van der Waals surface area contributed by atoms with Crippen LogP contribution < -0.4 is 10.6 Å². The number of nitrogens with one attached hydrogen (secondary N) is 2. The Morgan fingerprint density at radius 3 is 2.39 bits per heavy atom. The average molecular weight is 482 g/mol. The average Bonchev–Trinajstić information content (AvgIpc) is 2.74. The Morgan fingerprint density at radius 1 is 1.24 bits per heavy atom. The van der Waals surface area contributed by atoms with Crippen molar-refractivity contribution >= 4 is 36.5 Å². The third-order valence-corrected chi connectivity index (χ3v) is 4.57. The van der Waals surface area contributed by atoms with E-state index in [0.29, 0.717) is 0 Å². The molecule has 11 heteroatoms. The molecule has 0 bridgehead atoms. The van der Waals surface area contributed by atoms with Crippen molar-refractivity contribution in [1.82, 2.24) is 15.5 Å². The summed E-state index contributed by atoms with van der Waals surface area (Å²) in [6.07, 6.45) is 0.560. The number of para-hydroxylation sites is 1. The van der Waals surface area contributed by atoms with Gasteiger partial charge >= 0.3 is 12.1 Å². The molecule has 0 radical (unpaired) electrons. The predicted molar refractivity (Wildman–Crippen MR) is 125 cm³/mol. The van der Waals surface area contributed by atoms with Gasteiger partial charge in [-0.1, -0.05) is 24.3 Å². The van der Waals surface area contributed by atoms with Crippen molar-refractivity contribution in [3.63, 3.8) is 0 Å². The van der Waals surface area contributed by atoms with Gasteiger partial charge < -0.3 is 30.1 Å². The van der Waals surface area contributed by atoms with Gasteiger partial charge in [0.25, 0.3) is 0 Å². The minimum atomic E-state index is -1.34. The fraction of sp³-hybridized carbons (Fsp3) is 0.455. The molecule has 0 saturated carbocycles. The molecule has 1 aromatic rings. The number of phenolic OH excluding ortho intramolecular Hbond substituents is 1. The number of thiol groups is 1. The molecule has 10 nitrogen and oxygen atoms in total. The number of rotatable bonds is 10. The molecule has 182 valence electrons. The van der Waals surface area contributed by atoms with Gasteiger partial charge in [0.15, 0.2) is 0 Å². The fourth-order valence-corrected chi connectivity index (χ4v) is 3.04. The van der Waals surface area contributed by atoms with Crippen LogP contribution in [0.25, 0.3) is 0 Å². The second-order valence-corrected chi connectivity index (χ2v) is 8.28. The molecule has 0 heterocycles. The highest BCUT2D eigenvalue weighted by molar-refractivity contribution is 7.80. The van der Waals surface area contributed by atoms with E-state index in [9.17, 15) is 24.3 Å². The van der Waals surface area contributed by atoms with Gasteiger partial charge in [-0.05, 0) is 26.8 Å². The minimum Gasteiger partial charge on any atom is -0.508 e. The summed E-state index contributed by atoms with van der Waals surface area (Å²) in [5.74, 6) is -2.44. The number of esters is 1. The number of hydrogen-bond donors (Lipinski definition) is 4. The molecule has 0 aliphatic rings. The summed E-state index contributed by atoms with van der Waals surface area (Å²) in [7, 11) is 1.17. The van der Waals surface area contributed by atoms with Crippen molar-refractivity contribution < 1.29 is 33.8 Å². The first-order chi connectivity index (χ1) is 15.4. The maximum absolute atomic E-state index is 13.4. The molecule has 2 unspecified atom stereocenters. The van der Waals surface area contributed by atoms with Gasteiger partial charge in [0.05, 0.1) is 7.11 Å². The SMILES string of the molecule is C=CCN(C(=O)C(CS)NC(=O)OC(C)(C)C)C(C(=O)NCC(=O)OC)c1ccccc1O. The molecule has 3 amide bonds. The van der Waals surface area contributed by atoms with Crippen LogP contribution in [0.3, 0.4) is 0 Å². The summed E-state index contributed by atoms with van der Waals surface area (Å²) >= 11 is 4.16. The number of methoxy groups -OCH3 is 1. The van der Waals surface area contributed by atoms with Crippen molar-refractivity contribution in [2.24, 2.45) is 0 Å². The largest absolute Gasteiger partial charge is 0.508 e. The van der Waals surface area contributed by atoms with Crippen LogP contribution in [0.4, 0.5) is 4.79 Å². The molecule has 0 aliphatic heterocycles. The molecule has 0 saturated heterocycles. The third-order valence-electron chi connectivity index (χ3n) is 4.21. The standard InChI is InChI=1S/C22H31N3O7S/c1-6-11-25(20(29)15(13-33)24-21(30)32-22(2,3)4)18(14-9-7-8-10-16(14)26)19(28)23-12-17(27)31-5/h6-10,15,18,26,33H,1,11-13H2,2-5H3,(H,23,28)(H,24,30). The van der Waals surface area contributed by atoms with E-state index in [4.69, 9.17) is 4.74 Å². The van der Waals surface area contributed by atoms with Gasteiger partial charge in [-0.15, -0.1) is 6.58 Å². The van der Waals surface area contributed by atoms with Crippen LogP contribution in [0, 0.1) is 0 Å². The number of amides is 3. The smallest absolute Gasteiger partial charge is 0.408 e. The number of aromatic hydroxyl groups is 1. The molecule has 0 spiro atoms. The van der Waals surface area contributed by atoms with Crippen LogP contribution in [0.2, 0.25) is 0 Å². The normalized spacial score (nSPS) is 12.6. The molecule has 0 aliphatic carbocycles. The molecule has 0 aromatic heterocycles. The zero-order chi connectivity index (χ0) is 25.2. The Hall–Kier alpha value is -3.21. The number of alkyl carbamates (subject to hydrolysis) is 1. The zero-order valence-electron chi connectivity index (χ0n) is 19.2. The summed E-state index contributed by atoms with van der Waals surface area (Å²) in [5, 5.41) is 15.2. The molecular formula is C22H31N3O7S. The predicted octanol–water partition coefficient (Wildman–Crippen LogP) is 1.56. The Morgan fingerprint density at radius 2 is 1.88 bits per heavy atom. The molecule has 33 heavy (non-hydrogen) atoms. The summed E-state index contributed by atoms with van der Waals surface area (Å²) < 4.78 is 9.74. The number of phenols is 1. The number of carbonyl (C=O) groups excluding carboxylic acids is 4. The maximum atomic E-state index is 13.4. The van der Waals surface area contributed by atoms with E-state index < -0.39 is 48.1 Å². The van der Waals surface area contributed by atoms with Crippen LogP contribution in [0.15, 0.2) is 36.9 Å². The molecule has 2 atom stereocenters. The first-order valence-corrected chi connectivity index (χ1v) is 10.7. The Balaban J connectivity index is 3.33. The van der Waals surface area contributed by atoms with Gasteiger partial charge in [0.2, 0.25) is 11.8 Å². The van der Waals surface area contributed by atoms with Crippen molar-refractivity contribution in [3.8, 4) is 5.75 Å². The van der Waals surface area contributed by atoms with Crippen molar-refractivity contribution in [2.45, 2.75) is 38.5 Å². The second-order valence-electron chi connectivity index (χ2n) is 7.92.